The molecule has 2 atom stereocenters. The second-order valence-corrected chi connectivity index (χ2v) is 6.08. The standard InChI is InChI=1S/C14H24N2O4/c17-13(18)4-5-16-8-11(14(19)20)6-12(9-16)15-7-10-2-1-3-10/h10-12,15H,1-9H2,(H,17,18)(H,19,20). The number of aliphatic carboxylic acids is 2. The number of nitrogens with zero attached hydrogens (tertiary/aromatic N) is 1. The van der Waals surface area contributed by atoms with Crippen LogP contribution in [-0.2, 0) is 9.59 Å². The van der Waals surface area contributed by atoms with Crippen LogP contribution >= 0.6 is 0 Å². The monoisotopic (exact) mass is 284 g/mol. The zero-order valence-electron chi connectivity index (χ0n) is 11.8. The van der Waals surface area contributed by atoms with E-state index in [9.17, 15) is 14.7 Å². The molecule has 1 saturated heterocycles. The predicted octanol–water partition coefficient (Wildman–Crippen LogP) is 0.626. The van der Waals surface area contributed by atoms with E-state index in [1.807, 2.05) is 4.90 Å². The van der Waals surface area contributed by atoms with Gasteiger partial charge >= 0.3 is 11.9 Å². The Balaban J connectivity index is 1.82. The first kappa shape index (κ1) is 15.3. The molecule has 0 bridgehead atoms. The van der Waals surface area contributed by atoms with Gasteiger partial charge in [0.25, 0.3) is 0 Å². The Kier molecular flexibility index (Phi) is 5.37. The molecule has 1 aliphatic heterocycles. The Morgan fingerprint density at radius 3 is 2.50 bits per heavy atom. The molecule has 0 amide bonds. The predicted molar refractivity (Wildman–Crippen MR) is 73.6 cm³/mol. The van der Waals surface area contributed by atoms with Gasteiger partial charge in [-0.1, -0.05) is 6.42 Å². The average molecular weight is 284 g/mol. The maximum absolute atomic E-state index is 11.2. The largest absolute Gasteiger partial charge is 0.481 e. The molecule has 2 aliphatic rings. The van der Waals surface area contributed by atoms with Crippen LogP contribution in [0.5, 0.6) is 0 Å². The normalized spacial score (nSPS) is 28.0. The molecule has 3 N–H and O–H groups in total. The van der Waals surface area contributed by atoms with Crippen LogP contribution in [0.2, 0.25) is 0 Å². The molecule has 0 spiro atoms. The van der Waals surface area contributed by atoms with Gasteiger partial charge in [0.15, 0.2) is 0 Å². The Labute approximate surface area is 119 Å². The Bertz CT molecular complexity index is 357. The molecule has 6 heteroatoms. The van der Waals surface area contributed by atoms with Gasteiger partial charge in [-0.2, -0.15) is 0 Å². The number of carbonyl (C=O) groups is 2. The first-order valence-electron chi connectivity index (χ1n) is 7.45. The van der Waals surface area contributed by atoms with Gasteiger partial charge in [0.2, 0.25) is 0 Å². The number of hydrogen-bond acceptors (Lipinski definition) is 4. The van der Waals surface area contributed by atoms with E-state index in [1.165, 1.54) is 19.3 Å². The van der Waals surface area contributed by atoms with Crippen LogP contribution in [0.15, 0.2) is 0 Å². The second-order valence-electron chi connectivity index (χ2n) is 6.08. The van der Waals surface area contributed by atoms with Crippen LogP contribution in [-0.4, -0.2) is 59.3 Å². The molecule has 6 nitrogen and oxygen atoms in total. The lowest BCUT2D eigenvalue weighted by Crippen LogP contribution is -2.52. The molecule has 1 saturated carbocycles. The summed E-state index contributed by atoms with van der Waals surface area (Å²) in [6, 6.07) is 0.166. The SMILES string of the molecule is O=C(O)CCN1CC(NCC2CCC2)CC(C(=O)O)C1. The Morgan fingerprint density at radius 1 is 1.20 bits per heavy atom. The minimum absolute atomic E-state index is 0.0711. The lowest BCUT2D eigenvalue weighted by molar-refractivity contribution is -0.144. The van der Waals surface area contributed by atoms with E-state index >= 15 is 0 Å². The molecule has 2 fully saturated rings. The number of carboxylic acid groups (broad SMARTS) is 2. The summed E-state index contributed by atoms with van der Waals surface area (Å²) >= 11 is 0. The van der Waals surface area contributed by atoms with Gasteiger partial charge < -0.3 is 20.4 Å². The molecule has 2 rings (SSSR count). The highest BCUT2D eigenvalue weighted by Crippen LogP contribution is 2.26. The van der Waals surface area contributed by atoms with Crippen LogP contribution in [0.3, 0.4) is 0 Å². The first-order valence-corrected chi connectivity index (χ1v) is 7.45. The third-order valence-electron chi connectivity index (χ3n) is 4.44. The third kappa shape index (κ3) is 4.45. The highest BCUT2D eigenvalue weighted by molar-refractivity contribution is 5.70. The zero-order chi connectivity index (χ0) is 14.5. The van der Waals surface area contributed by atoms with Crippen LogP contribution in [0.1, 0.15) is 32.1 Å². The van der Waals surface area contributed by atoms with Gasteiger partial charge in [-0.15, -0.1) is 0 Å². The molecule has 114 valence electrons. The van der Waals surface area contributed by atoms with Crippen molar-refractivity contribution < 1.29 is 19.8 Å². The lowest BCUT2D eigenvalue weighted by atomic mass is 9.85. The van der Waals surface area contributed by atoms with Crippen molar-refractivity contribution in [3.63, 3.8) is 0 Å². The minimum atomic E-state index is -0.832. The van der Waals surface area contributed by atoms with Crippen molar-refractivity contribution in [1.82, 2.24) is 10.2 Å². The summed E-state index contributed by atoms with van der Waals surface area (Å²) < 4.78 is 0. The molecule has 0 aromatic heterocycles. The average Bonchev–Trinajstić information content (AvgIpc) is 2.34. The highest BCUT2D eigenvalue weighted by atomic mass is 16.4. The van der Waals surface area contributed by atoms with Gasteiger partial charge in [0.1, 0.15) is 0 Å². The summed E-state index contributed by atoms with van der Waals surface area (Å²) in [4.78, 5) is 23.8. The Hall–Kier alpha value is -1.14. The quantitative estimate of drug-likeness (QED) is 0.635. The zero-order valence-corrected chi connectivity index (χ0v) is 11.8. The van der Waals surface area contributed by atoms with Crippen LogP contribution in [0.4, 0.5) is 0 Å². The van der Waals surface area contributed by atoms with E-state index in [0.717, 1.165) is 19.0 Å². The molecular formula is C14H24N2O4. The number of likely N-dealkylation sites (tertiary alicyclic amines) is 1. The van der Waals surface area contributed by atoms with Crippen molar-refractivity contribution in [3.05, 3.63) is 0 Å². The molecule has 2 unspecified atom stereocenters. The molecule has 0 aromatic rings. The summed E-state index contributed by atoms with van der Waals surface area (Å²) in [6.07, 6.45) is 4.56. The number of piperidine rings is 1. The van der Waals surface area contributed by atoms with Crippen molar-refractivity contribution >= 4 is 11.9 Å². The van der Waals surface area contributed by atoms with Gasteiger partial charge in [-0.3, -0.25) is 9.59 Å². The maximum atomic E-state index is 11.2. The van der Waals surface area contributed by atoms with E-state index in [0.29, 0.717) is 19.5 Å². The summed E-state index contributed by atoms with van der Waals surface area (Å²) in [6.45, 7) is 2.61. The van der Waals surface area contributed by atoms with Crippen molar-refractivity contribution in [2.75, 3.05) is 26.2 Å². The minimum Gasteiger partial charge on any atom is -0.481 e. The highest BCUT2D eigenvalue weighted by Gasteiger charge is 2.32. The smallest absolute Gasteiger partial charge is 0.307 e. The van der Waals surface area contributed by atoms with E-state index in [-0.39, 0.29) is 12.5 Å². The number of rotatable bonds is 7. The van der Waals surface area contributed by atoms with E-state index in [2.05, 4.69) is 5.32 Å². The summed E-state index contributed by atoms with van der Waals surface area (Å²) in [5.41, 5.74) is 0. The molecule has 20 heavy (non-hydrogen) atoms. The van der Waals surface area contributed by atoms with Gasteiger partial charge in [-0.25, -0.2) is 0 Å². The molecule has 1 heterocycles. The topological polar surface area (TPSA) is 89.9 Å². The van der Waals surface area contributed by atoms with Crippen molar-refractivity contribution in [1.29, 1.82) is 0 Å². The second kappa shape index (κ2) is 7.04. The van der Waals surface area contributed by atoms with Crippen LogP contribution in [0, 0.1) is 11.8 Å². The van der Waals surface area contributed by atoms with E-state index in [1.54, 1.807) is 0 Å². The van der Waals surface area contributed by atoms with Gasteiger partial charge in [0, 0.05) is 25.7 Å². The molecule has 0 aromatic carbocycles. The Morgan fingerprint density at radius 2 is 1.95 bits per heavy atom. The van der Waals surface area contributed by atoms with Crippen LogP contribution < -0.4 is 5.32 Å². The van der Waals surface area contributed by atoms with Crippen LogP contribution in [0.25, 0.3) is 0 Å². The number of hydrogen-bond donors (Lipinski definition) is 3. The molecule has 0 radical (unpaired) electrons. The lowest BCUT2D eigenvalue weighted by Gasteiger charge is -2.37. The van der Waals surface area contributed by atoms with Gasteiger partial charge in [-0.05, 0) is 31.7 Å². The first-order chi connectivity index (χ1) is 9.54. The fourth-order valence-corrected chi connectivity index (χ4v) is 2.98. The summed E-state index contributed by atoms with van der Waals surface area (Å²) in [5.74, 6) is -1.26. The molecule has 1 aliphatic carbocycles. The van der Waals surface area contributed by atoms with E-state index in [4.69, 9.17) is 5.11 Å². The van der Waals surface area contributed by atoms with Gasteiger partial charge in [0.05, 0.1) is 12.3 Å². The fraction of sp³-hybridized carbons (Fsp3) is 0.857. The van der Waals surface area contributed by atoms with Crippen molar-refractivity contribution in [2.24, 2.45) is 11.8 Å². The fourth-order valence-electron chi connectivity index (χ4n) is 2.98. The number of nitrogens with one attached hydrogen (secondary N) is 1. The summed E-state index contributed by atoms with van der Waals surface area (Å²) in [7, 11) is 0. The van der Waals surface area contributed by atoms with Crippen molar-refractivity contribution in [3.8, 4) is 0 Å². The third-order valence-corrected chi connectivity index (χ3v) is 4.44. The van der Waals surface area contributed by atoms with E-state index < -0.39 is 17.9 Å². The summed E-state index contributed by atoms with van der Waals surface area (Å²) in [5, 5.41) is 21.4. The maximum Gasteiger partial charge on any atom is 0.307 e. The number of carboxylic acids is 2. The van der Waals surface area contributed by atoms with Crippen molar-refractivity contribution in [2.45, 2.75) is 38.1 Å². The molecular weight excluding hydrogens is 260 g/mol.